The van der Waals surface area contributed by atoms with Crippen molar-refractivity contribution >= 4 is 11.6 Å². The predicted octanol–water partition coefficient (Wildman–Crippen LogP) is 3.65. The summed E-state index contributed by atoms with van der Waals surface area (Å²) in [6.07, 6.45) is 0. The Morgan fingerprint density at radius 3 is 2.60 bits per heavy atom. The van der Waals surface area contributed by atoms with E-state index in [0.29, 0.717) is 16.9 Å². The van der Waals surface area contributed by atoms with E-state index < -0.39 is 0 Å². The van der Waals surface area contributed by atoms with Crippen LogP contribution in [0.4, 0.5) is 10.1 Å². The Morgan fingerprint density at radius 1 is 1.07 bits per heavy atom. The van der Waals surface area contributed by atoms with Gasteiger partial charge in [-0.05, 0) is 48.9 Å². The number of hydrogen-bond acceptors (Lipinski definition) is 5. The van der Waals surface area contributed by atoms with E-state index in [1.165, 1.54) is 34.9 Å². The van der Waals surface area contributed by atoms with Crippen molar-refractivity contribution in [3.8, 4) is 23.0 Å². The molecule has 0 spiro atoms. The number of halogens is 1. The van der Waals surface area contributed by atoms with Crippen molar-refractivity contribution in [3.05, 3.63) is 88.5 Å². The molecular formula is C22H17FN4O3. The lowest BCUT2D eigenvalue weighted by molar-refractivity contribution is -0.116. The van der Waals surface area contributed by atoms with Crippen LogP contribution in [0.2, 0.25) is 0 Å². The maximum absolute atomic E-state index is 13.1. The number of carbonyl (C=O) groups excluding carboxylic acids is 1. The highest BCUT2D eigenvalue weighted by Gasteiger charge is 2.17. The largest absolute Gasteiger partial charge is 0.332 e. The lowest BCUT2D eigenvalue weighted by Gasteiger charge is -2.11. The minimum Gasteiger partial charge on any atom is -0.332 e. The van der Waals surface area contributed by atoms with Crippen LogP contribution in [-0.4, -0.2) is 20.6 Å². The van der Waals surface area contributed by atoms with E-state index in [0.717, 1.165) is 5.56 Å². The fourth-order valence-electron chi connectivity index (χ4n) is 2.96. The third kappa shape index (κ3) is 4.02. The summed E-state index contributed by atoms with van der Waals surface area (Å²) in [6, 6.07) is 17.5. The molecule has 1 amide bonds. The molecule has 1 N–H and O–H groups in total. The Hall–Kier alpha value is -4.07. The second-order valence-corrected chi connectivity index (χ2v) is 6.63. The summed E-state index contributed by atoms with van der Waals surface area (Å²) >= 11 is 0. The minimum absolute atomic E-state index is 0.0794. The van der Waals surface area contributed by atoms with Crippen molar-refractivity contribution in [2.45, 2.75) is 13.5 Å². The van der Waals surface area contributed by atoms with E-state index in [1.54, 1.807) is 18.2 Å². The predicted molar refractivity (Wildman–Crippen MR) is 109 cm³/mol. The Bertz CT molecular complexity index is 1260. The summed E-state index contributed by atoms with van der Waals surface area (Å²) in [5, 5.41) is 6.70. The van der Waals surface area contributed by atoms with Crippen molar-refractivity contribution in [1.29, 1.82) is 0 Å². The van der Waals surface area contributed by atoms with Crippen LogP contribution < -0.4 is 10.9 Å². The number of carbonyl (C=O) groups is 1. The van der Waals surface area contributed by atoms with Crippen LogP contribution in [0.3, 0.4) is 0 Å². The van der Waals surface area contributed by atoms with Gasteiger partial charge in [0.15, 0.2) is 0 Å². The zero-order valence-electron chi connectivity index (χ0n) is 16.0. The number of para-hydroxylation sites is 1. The number of aromatic nitrogens is 3. The lowest BCUT2D eigenvalue weighted by Crippen LogP contribution is -2.28. The molecular weight excluding hydrogens is 387 g/mol. The molecule has 0 saturated heterocycles. The van der Waals surface area contributed by atoms with Crippen molar-refractivity contribution < 1.29 is 13.7 Å². The Labute approximate surface area is 170 Å². The number of amides is 1. The molecule has 0 aliphatic carbocycles. The van der Waals surface area contributed by atoms with Gasteiger partial charge in [-0.25, -0.2) is 4.39 Å². The van der Waals surface area contributed by atoms with Gasteiger partial charge in [-0.1, -0.05) is 29.4 Å². The third-order valence-corrected chi connectivity index (χ3v) is 4.52. The highest BCUT2D eigenvalue weighted by Crippen LogP contribution is 2.22. The van der Waals surface area contributed by atoms with Crippen molar-refractivity contribution in [2.24, 2.45) is 0 Å². The number of pyridine rings is 1. The zero-order chi connectivity index (χ0) is 21.1. The van der Waals surface area contributed by atoms with Crippen molar-refractivity contribution in [2.75, 3.05) is 5.32 Å². The maximum atomic E-state index is 13.1. The highest BCUT2D eigenvalue weighted by atomic mass is 19.1. The Morgan fingerprint density at radius 2 is 1.83 bits per heavy atom. The van der Waals surface area contributed by atoms with Gasteiger partial charge in [0.05, 0.1) is 0 Å². The second kappa shape index (κ2) is 8.12. The highest BCUT2D eigenvalue weighted by molar-refractivity contribution is 5.91. The molecule has 150 valence electrons. The summed E-state index contributed by atoms with van der Waals surface area (Å²) in [4.78, 5) is 29.3. The first-order valence-electron chi connectivity index (χ1n) is 9.16. The fourth-order valence-corrected chi connectivity index (χ4v) is 2.96. The first-order valence-corrected chi connectivity index (χ1v) is 9.16. The molecule has 0 aliphatic heterocycles. The van der Waals surface area contributed by atoms with E-state index in [2.05, 4.69) is 15.5 Å². The van der Waals surface area contributed by atoms with E-state index in [4.69, 9.17) is 4.52 Å². The number of nitrogens with one attached hydrogen (secondary N) is 1. The van der Waals surface area contributed by atoms with E-state index in [9.17, 15) is 14.0 Å². The van der Waals surface area contributed by atoms with Crippen LogP contribution in [-0.2, 0) is 11.3 Å². The summed E-state index contributed by atoms with van der Waals surface area (Å²) in [5.41, 5.74) is 2.07. The van der Waals surface area contributed by atoms with Gasteiger partial charge in [-0.2, -0.15) is 4.98 Å². The van der Waals surface area contributed by atoms with Gasteiger partial charge in [0.1, 0.15) is 18.1 Å². The molecule has 4 rings (SSSR count). The Balaban J connectivity index is 1.62. The Kier molecular flexibility index (Phi) is 5.21. The standard InChI is InChI=1S/C22H17FN4O3/c1-14-5-2-3-6-17(14)24-19(28)13-27-18(7-4-8-20(27)29)22-25-21(26-30-22)15-9-11-16(23)12-10-15/h2-12H,13H2,1H3,(H,24,28). The monoisotopic (exact) mass is 404 g/mol. The average molecular weight is 404 g/mol. The number of aryl methyl sites for hydroxylation is 1. The molecule has 2 heterocycles. The van der Waals surface area contributed by atoms with Crippen LogP contribution >= 0.6 is 0 Å². The molecule has 8 heteroatoms. The lowest BCUT2D eigenvalue weighted by atomic mass is 10.2. The molecule has 0 fully saturated rings. The SMILES string of the molecule is Cc1ccccc1NC(=O)Cn1c(-c2nc(-c3ccc(F)cc3)no2)cccc1=O. The summed E-state index contributed by atoms with van der Waals surface area (Å²) in [5.74, 6) is -0.413. The molecule has 0 radical (unpaired) electrons. The number of benzene rings is 2. The zero-order valence-corrected chi connectivity index (χ0v) is 16.0. The van der Waals surface area contributed by atoms with Gasteiger partial charge < -0.3 is 9.84 Å². The average Bonchev–Trinajstić information content (AvgIpc) is 3.22. The van der Waals surface area contributed by atoms with Gasteiger partial charge in [0, 0.05) is 17.3 Å². The van der Waals surface area contributed by atoms with E-state index in [-0.39, 0.29) is 35.5 Å². The molecule has 0 atom stereocenters. The van der Waals surface area contributed by atoms with E-state index in [1.807, 2.05) is 25.1 Å². The quantitative estimate of drug-likeness (QED) is 0.548. The molecule has 7 nitrogen and oxygen atoms in total. The van der Waals surface area contributed by atoms with Crippen LogP contribution in [0, 0.1) is 12.7 Å². The van der Waals surface area contributed by atoms with Gasteiger partial charge in [0.25, 0.3) is 11.4 Å². The third-order valence-electron chi connectivity index (χ3n) is 4.52. The molecule has 0 aliphatic rings. The molecule has 0 bridgehead atoms. The number of nitrogens with zero attached hydrogens (tertiary/aromatic N) is 3. The summed E-state index contributed by atoms with van der Waals surface area (Å²) in [7, 11) is 0. The van der Waals surface area contributed by atoms with Gasteiger partial charge in [0.2, 0.25) is 11.7 Å². The number of rotatable bonds is 5. The second-order valence-electron chi connectivity index (χ2n) is 6.63. The molecule has 2 aromatic heterocycles. The van der Waals surface area contributed by atoms with Gasteiger partial charge >= 0.3 is 0 Å². The van der Waals surface area contributed by atoms with Crippen molar-refractivity contribution in [1.82, 2.24) is 14.7 Å². The summed E-state index contributed by atoms with van der Waals surface area (Å²) < 4.78 is 19.7. The molecule has 0 saturated carbocycles. The first-order chi connectivity index (χ1) is 14.5. The van der Waals surface area contributed by atoms with Crippen LogP contribution in [0.15, 0.2) is 76.0 Å². The van der Waals surface area contributed by atoms with Crippen LogP contribution in [0.1, 0.15) is 5.56 Å². The maximum Gasteiger partial charge on any atom is 0.274 e. The fraction of sp³-hybridized carbons (Fsp3) is 0.0909. The minimum atomic E-state index is -0.381. The van der Waals surface area contributed by atoms with Gasteiger partial charge in [-0.15, -0.1) is 0 Å². The van der Waals surface area contributed by atoms with Gasteiger partial charge in [-0.3, -0.25) is 14.2 Å². The number of anilines is 1. The topological polar surface area (TPSA) is 90.0 Å². The van der Waals surface area contributed by atoms with Crippen LogP contribution in [0.25, 0.3) is 23.0 Å². The molecule has 4 aromatic rings. The molecule has 30 heavy (non-hydrogen) atoms. The first kappa shape index (κ1) is 19.3. The van der Waals surface area contributed by atoms with E-state index >= 15 is 0 Å². The van der Waals surface area contributed by atoms with Crippen LogP contribution in [0.5, 0.6) is 0 Å². The summed E-state index contributed by atoms with van der Waals surface area (Å²) in [6.45, 7) is 1.66. The number of hydrogen-bond donors (Lipinski definition) is 1. The smallest absolute Gasteiger partial charge is 0.274 e. The molecule has 2 aromatic carbocycles. The normalized spacial score (nSPS) is 10.7. The molecule has 0 unspecified atom stereocenters. The van der Waals surface area contributed by atoms with Crippen molar-refractivity contribution in [3.63, 3.8) is 0 Å².